The molecule has 0 fully saturated rings. The number of phenols is 2. The van der Waals surface area contributed by atoms with Gasteiger partial charge in [0.05, 0.1) is 0 Å². The van der Waals surface area contributed by atoms with Crippen molar-refractivity contribution in [3.63, 3.8) is 0 Å². The van der Waals surface area contributed by atoms with Crippen LogP contribution in [0.15, 0.2) is 36.4 Å². The van der Waals surface area contributed by atoms with E-state index in [0.29, 0.717) is 11.5 Å². The molecule has 0 atom stereocenters. The van der Waals surface area contributed by atoms with Gasteiger partial charge in [-0.25, -0.2) is 0 Å². The lowest BCUT2D eigenvalue weighted by molar-refractivity contribution is 0.00828. The average molecular weight is 365 g/mol. The van der Waals surface area contributed by atoms with Crippen LogP contribution in [0.4, 0.5) is 0 Å². The van der Waals surface area contributed by atoms with Crippen molar-refractivity contribution in [2.24, 2.45) is 10.8 Å². The monoisotopic (exact) mass is 364 g/mol. The summed E-state index contributed by atoms with van der Waals surface area (Å²) in [5, 5.41) is 20.9. The van der Waals surface area contributed by atoms with E-state index in [0.717, 1.165) is 0 Å². The first-order chi connectivity index (χ1) is 12.2. The number of rotatable bonds is 0. The first kappa shape index (κ1) is 18.4. The zero-order valence-corrected chi connectivity index (χ0v) is 17.9. The van der Waals surface area contributed by atoms with Gasteiger partial charge in [-0.05, 0) is 68.2 Å². The maximum Gasteiger partial charge on any atom is 0.115 e. The first-order valence-corrected chi connectivity index (χ1v) is 9.92. The molecule has 2 aliphatic rings. The van der Waals surface area contributed by atoms with Crippen LogP contribution in [0.5, 0.6) is 11.5 Å². The van der Waals surface area contributed by atoms with Crippen LogP contribution in [0, 0.1) is 10.8 Å². The lowest BCUT2D eigenvalue weighted by Gasteiger charge is -2.56. The number of phenolic OH excluding ortho intramolecular Hbond substituents is 2. The van der Waals surface area contributed by atoms with Crippen molar-refractivity contribution in [1.29, 1.82) is 0 Å². The largest absolute Gasteiger partial charge is 0.508 e. The van der Waals surface area contributed by atoms with E-state index in [-0.39, 0.29) is 27.1 Å². The maximum atomic E-state index is 10.4. The molecule has 0 amide bonds. The second-order valence-electron chi connectivity index (χ2n) is 10.7. The fraction of sp³-hybridized carbons (Fsp3) is 0.520. The van der Waals surface area contributed by atoms with Crippen molar-refractivity contribution < 1.29 is 10.2 Å². The number of fused-ring (bicyclic) bond motifs is 4. The van der Waals surface area contributed by atoms with Gasteiger partial charge in [0.15, 0.2) is 0 Å². The average Bonchev–Trinajstić information content (AvgIpc) is 2.76. The second kappa shape index (κ2) is 4.71. The van der Waals surface area contributed by atoms with Crippen LogP contribution >= 0.6 is 0 Å². The van der Waals surface area contributed by atoms with E-state index in [1.165, 1.54) is 22.3 Å². The summed E-state index contributed by atoms with van der Waals surface area (Å²) in [5.41, 5.74) is 4.25. The minimum atomic E-state index is -0.324. The Morgan fingerprint density at radius 3 is 1.19 bits per heavy atom. The summed E-state index contributed by atoms with van der Waals surface area (Å²) in [5.74, 6) is 0.618. The summed E-state index contributed by atoms with van der Waals surface area (Å²) in [6.45, 7) is 18.7. The summed E-state index contributed by atoms with van der Waals surface area (Å²) in [6.07, 6.45) is 0. The van der Waals surface area contributed by atoms with Crippen molar-refractivity contribution in [2.75, 3.05) is 0 Å². The van der Waals surface area contributed by atoms with E-state index in [1.807, 2.05) is 24.3 Å². The predicted octanol–water partition coefficient (Wildman–Crippen LogP) is 6.02. The van der Waals surface area contributed by atoms with Crippen molar-refractivity contribution in [3.05, 3.63) is 58.7 Å². The van der Waals surface area contributed by atoms with Crippen molar-refractivity contribution in [2.45, 2.75) is 71.6 Å². The van der Waals surface area contributed by atoms with Crippen LogP contribution < -0.4 is 0 Å². The molecule has 0 aromatic heterocycles. The molecule has 0 aliphatic heterocycles. The highest BCUT2D eigenvalue weighted by Crippen LogP contribution is 2.77. The van der Waals surface area contributed by atoms with Gasteiger partial charge in [-0.1, -0.05) is 67.5 Å². The molecule has 0 saturated heterocycles. The topological polar surface area (TPSA) is 40.5 Å². The number of benzene rings is 2. The highest BCUT2D eigenvalue weighted by Gasteiger charge is 2.74. The third-order valence-electron chi connectivity index (χ3n) is 9.16. The van der Waals surface area contributed by atoms with E-state index in [1.54, 1.807) is 0 Å². The number of hydrogen-bond donors (Lipinski definition) is 2. The Morgan fingerprint density at radius 2 is 0.852 bits per heavy atom. The fourth-order valence-corrected chi connectivity index (χ4v) is 6.66. The summed E-state index contributed by atoms with van der Waals surface area (Å²) in [7, 11) is 0. The Hall–Kier alpha value is -1.96. The Morgan fingerprint density at radius 1 is 0.519 bits per heavy atom. The van der Waals surface area contributed by atoms with Crippen molar-refractivity contribution in [3.8, 4) is 11.5 Å². The Balaban J connectivity index is 2.27. The van der Waals surface area contributed by atoms with Crippen LogP contribution in [0.3, 0.4) is 0 Å². The third-order valence-corrected chi connectivity index (χ3v) is 9.16. The van der Waals surface area contributed by atoms with Gasteiger partial charge >= 0.3 is 0 Å². The van der Waals surface area contributed by atoms with Crippen LogP contribution in [0.1, 0.15) is 77.6 Å². The van der Waals surface area contributed by atoms with E-state index in [4.69, 9.17) is 0 Å². The van der Waals surface area contributed by atoms with Gasteiger partial charge in [-0.2, -0.15) is 0 Å². The number of hydrogen-bond acceptors (Lipinski definition) is 2. The summed E-state index contributed by atoms with van der Waals surface area (Å²) in [4.78, 5) is 0. The fourth-order valence-electron chi connectivity index (χ4n) is 6.66. The SMILES string of the molecule is CC1(C)c2ccc(O)cc2C2(c3cc(O)ccc3C(C)(C)C2(C)C)C1(C)C. The highest BCUT2D eigenvalue weighted by atomic mass is 16.3. The minimum absolute atomic E-state index is 0.0869. The summed E-state index contributed by atoms with van der Waals surface area (Å²) in [6, 6.07) is 11.8. The Labute approximate surface area is 163 Å². The van der Waals surface area contributed by atoms with Crippen LogP contribution in [-0.4, -0.2) is 10.2 Å². The summed E-state index contributed by atoms with van der Waals surface area (Å²) >= 11 is 0. The zero-order valence-electron chi connectivity index (χ0n) is 17.9. The van der Waals surface area contributed by atoms with Gasteiger partial charge in [-0.3, -0.25) is 0 Å². The molecule has 1 spiro atoms. The smallest absolute Gasteiger partial charge is 0.115 e. The third kappa shape index (κ3) is 1.65. The van der Waals surface area contributed by atoms with Gasteiger partial charge in [0.1, 0.15) is 11.5 Å². The minimum Gasteiger partial charge on any atom is -0.508 e. The van der Waals surface area contributed by atoms with E-state index in [2.05, 4.69) is 67.5 Å². The van der Waals surface area contributed by atoms with E-state index >= 15 is 0 Å². The molecule has 2 heteroatoms. The zero-order chi connectivity index (χ0) is 20.2. The molecule has 4 rings (SSSR count). The van der Waals surface area contributed by atoms with Gasteiger partial charge in [-0.15, -0.1) is 0 Å². The highest BCUT2D eigenvalue weighted by molar-refractivity contribution is 5.66. The molecule has 0 unspecified atom stereocenters. The molecule has 144 valence electrons. The maximum absolute atomic E-state index is 10.4. The molecular formula is C25H32O2. The van der Waals surface area contributed by atoms with Crippen LogP contribution in [0.2, 0.25) is 0 Å². The Bertz CT molecular complexity index is 881. The molecule has 2 nitrogen and oxygen atoms in total. The lowest BCUT2D eigenvalue weighted by atomic mass is 9.46. The standard InChI is InChI=1S/C25H32O2/c1-21(2)17-11-9-15(26)13-19(17)25(23(21,5)6)20-14-16(27)10-12-18(20)22(3,4)24(25,7)8/h9-14,26-27H,1-8H3. The molecule has 2 aromatic rings. The van der Waals surface area contributed by atoms with Crippen molar-refractivity contribution in [1.82, 2.24) is 0 Å². The van der Waals surface area contributed by atoms with Gasteiger partial charge in [0, 0.05) is 5.41 Å². The first-order valence-electron chi connectivity index (χ1n) is 9.92. The molecule has 2 N–H and O–H groups in total. The van der Waals surface area contributed by atoms with Gasteiger partial charge < -0.3 is 10.2 Å². The van der Waals surface area contributed by atoms with E-state index < -0.39 is 0 Å². The van der Waals surface area contributed by atoms with Crippen LogP contribution in [-0.2, 0) is 16.2 Å². The summed E-state index contributed by atoms with van der Waals surface area (Å²) < 4.78 is 0. The van der Waals surface area contributed by atoms with Crippen molar-refractivity contribution >= 4 is 0 Å². The molecule has 0 bridgehead atoms. The molecule has 0 radical (unpaired) electrons. The lowest BCUT2D eigenvalue weighted by Crippen LogP contribution is -2.56. The van der Waals surface area contributed by atoms with Crippen LogP contribution in [0.25, 0.3) is 0 Å². The van der Waals surface area contributed by atoms with Gasteiger partial charge in [0.2, 0.25) is 0 Å². The van der Waals surface area contributed by atoms with E-state index in [9.17, 15) is 10.2 Å². The predicted molar refractivity (Wildman–Crippen MR) is 111 cm³/mol. The molecule has 2 aromatic carbocycles. The van der Waals surface area contributed by atoms with Gasteiger partial charge in [0.25, 0.3) is 0 Å². The Kier molecular flexibility index (Phi) is 3.21. The molecule has 27 heavy (non-hydrogen) atoms. The quantitative estimate of drug-likeness (QED) is 0.600. The normalized spacial score (nSPS) is 24.6. The molecule has 0 saturated carbocycles. The molecule has 0 heterocycles. The second-order valence-corrected chi connectivity index (χ2v) is 10.7. The molecular weight excluding hydrogens is 332 g/mol. The number of aromatic hydroxyl groups is 2. The molecule has 2 aliphatic carbocycles.